The highest BCUT2D eigenvalue weighted by molar-refractivity contribution is 9.10. The third-order valence-electron chi connectivity index (χ3n) is 2.65. The number of rotatable bonds is 6. The number of hydrogen-bond donors (Lipinski definition) is 2. The van der Waals surface area contributed by atoms with Crippen LogP contribution in [0, 0.1) is 5.92 Å². The first-order chi connectivity index (χ1) is 8.17. The van der Waals surface area contributed by atoms with Crippen LogP contribution in [0.15, 0.2) is 28.7 Å². The summed E-state index contributed by atoms with van der Waals surface area (Å²) >= 11 is 7.53. The molecule has 1 aromatic carbocycles. The lowest BCUT2D eigenvalue weighted by Gasteiger charge is -2.14. The largest absolute Gasteiger partial charge is 0.355 e. The molecule has 0 fully saturated rings. The van der Waals surface area contributed by atoms with Crippen molar-refractivity contribution >= 4 is 34.5 Å². The molecule has 0 bridgehead atoms. The Balaban J connectivity index is 2.60. The van der Waals surface area contributed by atoms with Crippen LogP contribution in [-0.2, 0) is 11.2 Å². The van der Waals surface area contributed by atoms with Gasteiger partial charge in [0.2, 0.25) is 5.91 Å². The van der Waals surface area contributed by atoms with Crippen LogP contribution in [0.1, 0.15) is 18.9 Å². The van der Waals surface area contributed by atoms with E-state index in [1.54, 1.807) is 0 Å². The van der Waals surface area contributed by atoms with Crippen LogP contribution in [0.2, 0.25) is 0 Å². The van der Waals surface area contributed by atoms with Gasteiger partial charge in [0, 0.05) is 22.7 Å². The highest BCUT2D eigenvalue weighted by Gasteiger charge is 2.16. The van der Waals surface area contributed by atoms with Crippen LogP contribution in [-0.4, -0.2) is 18.2 Å². The van der Waals surface area contributed by atoms with Crippen molar-refractivity contribution in [1.82, 2.24) is 5.32 Å². The van der Waals surface area contributed by atoms with Crippen molar-refractivity contribution in [2.24, 2.45) is 5.92 Å². The Bertz CT molecular complexity index is 370. The smallest absolute Gasteiger partial charge is 0.223 e. The summed E-state index contributed by atoms with van der Waals surface area (Å²) in [4.78, 5) is 11.9. The standard InChI is InChI=1S/C13H18BrNOS/c1-2-11(13(16)15-6-7-17)8-10-4-3-5-12(14)9-10/h3-5,9,11,17H,2,6-8H2,1H3,(H,15,16). The van der Waals surface area contributed by atoms with Crippen molar-refractivity contribution < 1.29 is 4.79 Å². The molecule has 94 valence electrons. The van der Waals surface area contributed by atoms with Crippen LogP contribution in [0.3, 0.4) is 0 Å². The van der Waals surface area contributed by atoms with E-state index in [1.807, 2.05) is 19.1 Å². The van der Waals surface area contributed by atoms with Crippen LogP contribution in [0.4, 0.5) is 0 Å². The number of thiol groups is 1. The van der Waals surface area contributed by atoms with Gasteiger partial charge < -0.3 is 5.32 Å². The number of halogens is 1. The molecule has 4 heteroatoms. The minimum Gasteiger partial charge on any atom is -0.355 e. The predicted molar refractivity (Wildman–Crippen MR) is 78.5 cm³/mol. The minimum absolute atomic E-state index is 0.0455. The van der Waals surface area contributed by atoms with Crippen molar-refractivity contribution in [3.63, 3.8) is 0 Å². The van der Waals surface area contributed by atoms with Gasteiger partial charge in [-0.25, -0.2) is 0 Å². The van der Waals surface area contributed by atoms with E-state index in [4.69, 9.17) is 0 Å². The summed E-state index contributed by atoms with van der Waals surface area (Å²) in [6.07, 6.45) is 1.64. The molecule has 1 atom stereocenters. The van der Waals surface area contributed by atoms with E-state index in [0.717, 1.165) is 17.3 Å². The molecule has 1 aromatic rings. The Morgan fingerprint density at radius 2 is 2.29 bits per heavy atom. The van der Waals surface area contributed by atoms with Crippen LogP contribution in [0.25, 0.3) is 0 Å². The molecule has 0 heterocycles. The fraction of sp³-hybridized carbons (Fsp3) is 0.462. The normalized spacial score (nSPS) is 12.2. The molecule has 0 radical (unpaired) electrons. The molecule has 17 heavy (non-hydrogen) atoms. The van der Waals surface area contributed by atoms with E-state index in [2.05, 4.69) is 46.0 Å². The quantitative estimate of drug-likeness (QED) is 0.776. The van der Waals surface area contributed by atoms with Gasteiger partial charge in [-0.15, -0.1) is 0 Å². The number of benzene rings is 1. The maximum Gasteiger partial charge on any atom is 0.223 e. The zero-order chi connectivity index (χ0) is 12.7. The number of carbonyl (C=O) groups excluding carboxylic acids is 1. The van der Waals surface area contributed by atoms with Crippen LogP contribution in [0.5, 0.6) is 0 Å². The second kappa shape index (κ2) is 7.77. The van der Waals surface area contributed by atoms with Gasteiger partial charge in [0.05, 0.1) is 0 Å². The highest BCUT2D eigenvalue weighted by atomic mass is 79.9. The van der Waals surface area contributed by atoms with Crippen molar-refractivity contribution in [2.45, 2.75) is 19.8 Å². The second-order valence-corrected chi connectivity index (χ2v) is 5.32. The summed E-state index contributed by atoms with van der Waals surface area (Å²) in [5, 5.41) is 2.89. The Labute approximate surface area is 117 Å². The van der Waals surface area contributed by atoms with Crippen molar-refractivity contribution in [2.75, 3.05) is 12.3 Å². The Morgan fingerprint density at radius 3 is 2.88 bits per heavy atom. The molecule has 0 aliphatic carbocycles. The first kappa shape index (κ1) is 14.6. The first-order valence-electron chi connectivity index (χ1n) is 5.80. The van der Waals surface area contributed by atoms with Gasteiger partial charge in [0.1, 0.15) is 0 Å². The maximum atomic E-state index is 11.9. The van der Waals surface area contributed by atoms with E-state index >= 15 is 0 Å². The van der Waals surface area contributed by atoms with Gasteiger partial charge in [-0.3, -0.25) is 4.79 Å². The summed E-state index contributed by atoms with van der Waals surface area (Å²) < 4.78 is 1.06. The predicted octanol–water partition coefficient (Wildman–Crippen LogP) is 3.06. The molecular formula is C13H18BrNOS. The molecule has 1 rings (SSSR count). The summed E-state index contributed by atoms with van der Waals surface area (Å²) in [6.45, 7) is 2.68. The van der Waals surface area contributed by atoms with Gasteiger partial charge in [-0.2, -0.15) is 12.6 Å². The average Bonchev–Trinajstić information content (AvgIpc) is 2.33. The molecule has 1 amide bonds. The summed E-state index contributed by atoms with van der Waals surface area (Å²) in [5.74, 6) is 0.852. The van der Waals surface area contributed by atoms with E-state index in [0.29, 0.717) is 12.3 Å². The molecule has 0 aliphatic rings. The molecule has 0 aromatic heterocycles. The topological polar surface area (TPSA) is 29.1 Å². The summed E-state index contributed by atoms with van der Waals surface area (Å²) in [6, 6.07) is 8.11. The van der Waals surface area contributed by atoms with E-state index in [-0.39, 0.29) is 11.8 Å². The molecule has 2 nitrogen and oxygen atoms in total. The fourth-order valence-corrected chi connectivity index (χ4v) is 2.25. The lowest BCUT2D eigenvalue weighted by Crippen LogP contribution is -2.32. The van der Waals surface area contributed by atoms with Crippen molar-refractivity contribution in [3.05, 3.63) is 34.3 Å². The zero-order valence-corrected chi connectivity index (χ0v) is 12.4. The lowest BCUT2D eigenvalue weighted by atomic mass is 9.96. The molecule has 1 unspecified atom stereocenters. The van der Waals surface area contributed by atoms with Gasteiger partial charge in [0.25, 0.3) is 0 Å². The van der Waals surface area contributed by atoms with Crippen molar-refractivity contribution in [1.29, 1.82) is 0 Å². The Morgan fingerprint density at radius 1 is 1.53 bits per heavy atom. The summed E-state index contributed by atoms with van der Waals surface area (Å²) in [7, 11) is 0. The number of carbonyl (C=O) groups is 1. The fourth-order valence-electron chi connectivity index (χ4n) is 1.69. The van der Waals surface area contributed by atoms with Crippen LogP contribution >= 0.6 is 28.6 Å². The van der Waals surface area contributed by atoms with E-state index in [1.165, 1.54) is 5.56 Å². The Hall–Kier alpha value is -0.480. The van der Waals surface area contributed by atoms with Gasteiger partial charge >= 0.3 is 0 Å². The minimum atomic E-state index is 0.0455. The molecular weight excluding hydrogens is 298 g/mol. The average molecular weight is 316 g/mol. The highest BCUT2D eigenvalue weighted by Crippen LogP contribution is 2.17. The lowest BCUT2D eigenvalue weighted by molar-refractivity contribution is -0.124. The Kier molecular flexibility index (Phi) is 6.66. The third-order valence-corrected chi connectivity index (χ3v) is 3.36. The molecule has 0 saturated heterocycles. The summed E-state index contributed by atoms with van der Waals surface area (Å²) in [5.41, 5.74) is 1.19. The zero-order valence-electron chi connectivity index (χ0n) is 9.95. The van der Waals surface area contributed by atoms with Crippen molar-refractivity contribution in [3.8, 4) is 0 Å². The van der Waals surface area contributed by atoms with E-state index < -0.39 is 0 Å². The molecule has 0 saturated carbocycles. The van der Waals surface area contributed by atoms with Gasteiger partial charge in [-0.05, 0) is 30.5 Å². The number of hydrogen-bond acceptors (Lipinski definition) is 2. The maximum absolute atomic E-state index is 11.9. The van der Waals surface area contributed by atoms with Gasteiger partial charge in [0.15, 0.2) is 0 Å². The number of amides is 1. The van der Waals surface area contributed by atoms with E-state index in [9.17, 15) is 4.79 Å². The monoisotopic (exact) mass is 315 g/mol. The number of nitrogens with one attached hydrogen (secondary N) is 1. The third kappa shape index (κ3) is 5.13. The molecule has 0 spiro atoms. The molecule has 1 N–H and O–H groups in total. The van der Waals surface area contributed by atoms with Gasteiger partial charge in [-0.1, -0.05) is 35.0 Å². The SMILES string of the molecule is CCC(Cc1cccc(Br)c1)C(=O)NCCS. The molecule has 0 aliphatic heterocycles. The first-order valence-corrected chi connectivity index (χ1v) is 7.23. The van der Waals surface area contributed by atoms with Crippen LogP contribution < -0.4 is 5.32 Å². The second-order valence-electron chi connectivity index (χ2n) is 3.95.